The van der Waals surface area contributed by atoms with E-state index in [1.807, 2.05) is 24.3 Å². The lowest BCUT2D eigenvalue weighted by atomic mass is 9.94. The van der Waals surface area contributed by atoms with Gasteiger partial charge in [0, 0.05) is 17.3 Å². The van der Waals surface area contributed by atoms with E-state index in [1.54, 1.807) is 32.9 Å². The number of ether oxygens (including phenoxy) is 1. The topological polar surface area (TPSA) is 87.7 Å². The lowest BCUT2D eigenvalue weighted by Gasteiger charge is -2.19. The average molecular weight is 519 g/mol. The molecule has 3 aromatic rings. The number of hydrogen-bond donors (Lipinski definition) is 3. The molecule has 3 rings (SSSR count). The zero-order valence-corrected chi connectivity index (χ0v) is 20.5. The molecule has 37 heavy (non-hydrogen) atoms. The second-order valence-corrected chi connectivity index (χ2v) is 8.70. The highest BCUT2D eigenvalue weighted by Crippen LogP contribution is 2.31. The fraction of sp³-hybridized carbons (Fsp3) is 0.259. The third-order valence-corrected chi connectivity index (χ3v) is 5.74. The molecule has 2 atom stereocenters. The molecule has 3 aromatic carbocycles. The highest BCUT2D eigenvalue weighted by molar-refractivity contribution is 5.99. The molecular formula is C27H26F4N2O4. The molecule has 0 spiro atoms. The molecule has 0 bridgehead atoms. The van der Waals surface area contributed by atoms with E-state index in [9.17, 15) is 27.2 Å². The lowest BCUT2D eigenvalue weighted by molar-refractivity contribution is -0.275. The lowest BCUT2D eigenvalue weighted by Crippen LogP contribution is -2.38. The Kier molecular flexibility index (Phi) is 8.10. The Morgan fingerprint density at radius 1 is 0.946 bits per heavy atom. The van der Waals surface area contributed by atoms with Crippen molar-refractivity contribution in [2.24, 2.45) is 0 Å². The van der Waals surface area contributed by atoms with Gasteiger partial charge in [-0.05, 0) is 79.8 Å². The van der Waals surface area contributed by atoms with Gasteiger partial charge in [-0.15, -0.1) is 13.2 Å². The Morgan fingerprint density at radius 3 is 2.19 bits per heavy atom. The molecule has 0 aliphatic heterocycles. The number of carboxylic acid groups (broad SMARTS) is 1. The van der Waals surface area contributed by atoms with Crippen molar-refractivity contribution in [3.05, 3.63) is 82.7 Å². The summed E-state index contributed by atoms with van der Waals surface area (Å²) >= 11 is 0. The summed E-state index contributed by atoms with van der Waals surface area (Å²) in [5.41, 5.74) is 4.42. The van der Waals surface area contributed by atoms with Crippen LogP contribution in [-0.2, 0) is 4.79 Å². The van der Waals surface area contributed by atoms with Crippen LogP contribution in [0, 0.1) is 19.7 Å². The normalized spacial score (nSPS) is 13.0. The smallest absolute Gasteiger partial charge is 0.480 e. The zero-order chi connectivity index (χ0) is 27.5. The third-order valence-electron chi connectivity index (χ3n) is 5.74. The van der Waals surface area contributed by atoms with Gasteiger partial charge in [0.15, 0.2) is 11.6 Å². The maximum absolute atomic E-state index is 13.8. The first kappa shape index (κ1) is 27.5. The Hall–Kier alpha value is -4.08. The zero-order valence-electron chi connectivity index (χ0n) is 20.5. The quantitative estimate of drug-likeness (QED) is 0.301. The van der Waals surface area contributed by atoms with Gasteiger partial charge in [-0.2, -0.15) is 0 Å². The van der Waals surface area contributed by atoms with Gasteiger partial charge in [0.25, 0.3) is 5.91 Å². The first-order valence-corrected chi connectivity index (χ1v) is 11.3. The predicted octanol–water partition coefficient (Wildman–Crippen LogP) is 6.38. The molecule has 0 heterocycles. The Labute approximate surface area is 211 Å². The number of halogens is 4. The van der Waals surface area contributed by atoms with Crippen LogP contribution in [0.1, 0.15) is 46.9 Å². The van der Waals surface area contributed by atoms with Gasteiger partial charge < -0.3 is 20.5 Å². The van der Waals surface area contributed by atoms with Gasteiger partial charge >= 0.3 is 12.3 Å². The molecule has 3 N–H and O–H groups in total. The molecule has 0 saturated heterocycles. The minimum absolute atomic E-state index is 0.392. The summed E-state index contributed by atoms with van der Waals surface area (Å²) in [6.45, 7) is 6.62. The van der Waals surface area contributed by atoms with Gasteiger partial charge in [0.1, 0.15) is 6.04 Å². The SMILES string of the molecule is Cc1cc(-c2cccc(NC(C)c3ccc(F)c(OC(F)(F)F)c3)c2)cc(C)c1C(=O)N[C@@H](C)C(=O)O. The number of rotatable bonds is 8. The van der Waals surface area contributed by atoms with E-state index >= 15 is 0 Å². The number of aliphatic carboxylic acids is 1. The average Bonchev–Trinajstić information content (AvgIpc) is 2.79. The molecule has 0 saturated carbocycles. The molecule has 0 aliphatic rings. The van der Waals surface area contributed by atoms with E-state index in [0.29, 0.717) is 27.9 Å². The Bertz CT molecular complexity index is 1300. The number of alkyl halides is 3. The van der Waals surface area contributed by atoms with Crippen molar-refractivity contribution in [2.75, 3.05) is 5.32 Å². The maximum atomic E-state index is 13.8. The van der Waals surface area contributed by atoms with E-state index in [2.05, 4.69) is 15.4 Å². The van der Waals surface area contributed by atoms with Crippen molar-refractivity contribution in [3.63, 3.8) is 0 Å². The van der Waals surface area contributed by atoms with Crippen LogP contribution in [-0.4, -0.2) is 29.4 Å². The van der Waals surface area contributed by atoms with Crippen molar-refractivity contribution in [2.45, 2.75) is 46.1 Å². The van der Waals surface area contributed by atoms with Crippen molar-refractivity contribution < 1.29 is 37.0 Å². The van der Waals surface area contributed by atoms with E-state index < -0.39 is 41.9 Å². The highest BCUT2D eigenvalue weighted by atomic mass is 19.4. The molecule has 0 aliphatic carbocycles. The summed E-state index contributed by atoms with van der Waals surface area (Å²) in [7, 11) is 0. The van der Waals surface area contributed by atoms with Crippen molar-refractivity contribution in [1.82, 2.24) is 5.32 Å². The standard InChI is InChI=1S/C27H26F4N2O4/c1-14-10-20(11-15(2)24(14)25(34)33-17(4)26(35)36)19-6-5-7-21(12-19)32-16(3)18-8-9-22(28)23(13-18)37-27(29,30)31/h5-13,16-17,32H,1-4H3,(H,33,34)(H,35,36)/t16?,17-/m0/s1. The third kappa shape index (κ3) is 6.99. The number of carbonyl (C=O) groups excluding carboxylic acids is 1. The van der Waals surface area contributed by atoms with Crippen LogP contribution in [0.3, 0.4) is 0 Å². The monoisotopic (exact) mass is 518 g/mol. The van der Waals surface area contributed by atoms with Crippen LogP contribution in [0.5, 0.6) is 5.75 Å². The van der Waals surface area contributed by atoms with Crippen molar-refractivity contribution >= 4 is 17.6 Å². The van der Waals surface area contributed by atoms with Crippen molar-refractivity contribution in [1.29, 1.82) is 0 Å². The second-order valence-electron chi connectivity index (χ2n) is 8.70. The van der Waals surface area contributed by atoms with Crippen LogP contribution in [0.2, 0.25) is 0 Å². The molecule has 0 fully saturated rings. The first-order chi connectivity index (χ1) is 17.2. The summed E-state index contributed by atoms with van der Waals surface area (Å²) < 4.78 is 55.3. The molecule has 10 heteroatoms. The molecule has 6 nitrogen and oxygen atoms in total. The summed E-state index contributed by atoms with van der Waals surface area (Å²) in [4.78, 5) is 23.7. The van der Waals surface area contributed by atoms with Crippen LogP contribution in [0.25, 0.3) is 11.1 Å². The summed E-state index contributed by atoms with van der Waals surface area (Å²) in [5, 5.41) is 14.7. The number of aryl methyl sites for hydroxylation is 2. The van der Waals surface area contributed by atoms with Gasteiger partial charge in [-0.1, -0.05) is 30.3 Å². The van der Waals surface area contributed by atoms with E-state index in [1.165, 1.54) is 13.0 Å². The number of anilines is 1. The fourth-order valence-electron chi connectivity index (χ4n) is 3.93. The van der Waals surface area contributed by atoms with Crippen LogP contribution < -0.4 is 15.4 Å². The Balaban J connectivity index is 1.83. The molecular weight excluding hydrogens is 492 g/mol. The van der Waals surface area contributed by atoms with Gasteiger partial charge in [-0.3, -0.25) is 9.59 Å². The number of nitrogens with one attached hydrogen (secondary N) is 2. The summed E-state index contributed by atoms with van der Waals surface area (Å²) in [6, 6.07) is 12.7. The molecule has 1 amide bonds. The molecule has 196 valence electrons. The summed E-state index contributed by atoms with van der Waals surface area (Å²) in [5.74, 6) is -3.63. The van der Waals surface area contributed by atoms with Crippen LogP contribution in [0.4, 0.5) is 23.2 Å². The number of amides is 1. The molecule has 0 radical (unpaired) electrons. The van der Waals surface area contributed by atoms with E-state index in [-0.39, 0.29) is 0 Å². The van der Waals surface area contributed by atoms with Gasteiger partial charge in [0.2, 0.25) is 0 Å². The van der Waals surface area contributed by atoms with E-state index in [4.69, 9.17) is 5.11 Å². The highest BCUT2D eigenvalue weighted by Gasteiger charge is 2.32. The minimum Gasteiger partial charge on any atom is -0.480 e. The molecule has 0 aromatic heterocycles. The summed E-state index contributed by atoms with van der Waals surface area (Å²) in [6.07, 6.45) is -5.01. The fourth-order valence-corrected chi connectivity index (χ4v) is 3.93. The number of benzene rings is 3. The van der Waals surface area contributed by atoms with Crippen molar-refractivity contribution in [3.8, 4) is 16.9 Å². The Morgan fingerprint density at radius 2 is 1.59 bits per heavy atom. The number of carbonyl (C=O) groups is 2. The van der Waals surface area contributed by atoms with Gasteiger partial charge in [-0.25, -0.2) is 4.39 Å². The van der Waals surface area contributed by atoms with Crippen LogP contribution in [0.15, 0.2) is 54.6 Å². The maximum Gasteiger partial charge on any atom is 0.573 e. The van der Waals surface area contributed by atoms with Crippen LogP contribution >= 0.6 is 0 Å². The largest absolute Gasteiger partial charge is 0.573 e. The second kappa shape index (κ2) is 10.9. The number of hydrogen-bond acceptors (Lipinski definition) is 4. The first-order valence-electron chi connectivity index (χ1n) is 11.3. The number of carboxylic acids is 1. The predicted molar refractivity (Wildman–Crippen MR) is 131 cm³/mol. The van der Waals surface area contributed by atoms with E-state index in [0.717, 1.165) is 23.3 Å². The minimum atomic E-state index is -5.01. The molecule has 1 unspecified atom stereocenters. The van der Waals surface area contributed by atoms with Gasteiger partial charge in [0.05, 0.1) is 0 Å².